The molecule has 60 valence electrons. The molecule has 2 bridgehead atoms. The van der Waals surface area contributed by atoms with E-state index in [2.05, 4.69) is 13.0 Å². The lowest BCUT2D eigenvalue weighted by molar-refractivity contribution is 0.243. The highest BCUT2D eigenvalue weighted by molar-refractivity contribution is 4.97. The summed E-state index contributed by atoms with van der Waals surface area (Å²) in [5, 5.41) is 8.62. The maximum Gasteiger partial charge on any atom is 0.0624 e. The first-order valence-electron chi connectivity index (χ1n) is 4.70. The van der Waals surface area contributed by atoms with Gasteiger partial charge in [0, 0.05) is 6.42 Å². The third kappa shape index (κ3) is 0.965. The number of hydrogen-bond donors (Lipinski definition) is 0. The molecule has 0 aromatic carbocycles. The van der Waals surface area contributed by atoms with Crippen LogP contribution in [0, 0.1) is 35.0 Å². The minimum absolute atomic E-state index is 0.749. The summed E-state index contributed by atoms with van der Waals surface area (Å²) >= 11 is 0. The van der Waals surface area contributed by atoms with Crippen molar-refractivity contribution >= 4 is 0 Å². The Hall–Kier alpha value is -0.510. The number of rotatable bonds is 1. The molecule has 2 unspecified atom stereocenters. The van der Waals surface area contributed by atoms with E-state index in [1.54, 1.807) is 0 Å². The fourth-order valence-corrected chi connectivity index (χ4v) is 3.16. The van der Waals surface area contributed by atoms with Gasteiger partial charge in [-0.3, -0.25) is 0 Å². The third-order valence-corrected chi connectivity index (χ3v) is 3.87. The van der Waals surface area contributed by atoms with E-state index in [1.165, 1.54) is 19.3 Å². The largest absolute Gasteiger partial charge is 0.198 e. The van der Waals surface area contributed by atoms with Crippen molar-refractivity contribution in [1.82, 2.24) is 0 Å². The van der Waals surface area contributed by atoms with Gasteiger partial charge >= 0.3 is 0 Å². The van der Waals surface area contributed by atoms with Crippen molar-refractivity contribution in [3.8, 4) is 6.07 Å². The summed E-state index contributed by atoms with van der Waals surface area (Å²) in [6, 6.07) is 2.32. The molecule has 2 aliphatic carbocycles. The summed E-state index contributed by atoms with van der Waals surface area (Å²) in [4.78, 5) is 0. The standard InChI is InChI=1S/C10H15N/c1-7-8-2-3-9(6-8)10(7)4-5-11/h7-10H,2-4,6H2,1H3/t7-,8?,9?,10-/m1/s1. The third-order valence-electron chi connectivity index (χ3n) is 3.87. The first kappa shape index (κ1) is 7.16. The molecule has 0 aromatic heterocycles. The van der Waals surface area contributed by atoms with Crippen LogP contribution in [-0.2, 0) is 0 Å². The van der Waals surface area contributed by atoms with E-state index >= 15 is 0 Å². The zero-order valence-corrected chi connectivity index (χ0v) is 7.09. The molecule has 0 heterocycles. The van der Waals surface area contributed by atoms with Crippen LogP contribution in [0.15, 0.2) is 0 Å². The molecule has 0 amide bonds. The van der Waals surface area contributed by atoms with Gasteiger partial charge in [0.05, 0.1) is 6.07 Å². The van der Waals surface area contributed by atoms with Gasteiger partial charge in [-0.15, -0.1) is 0 Å². The van der Waals surface area contributed by atoms with Crippen molar-refractivity contribution < 1.29 is 0 Å². The van der Waals surface area contributed by atoms with Crippen molar-refractivity contribution in [3.05, 3.63) is 0 Å². The molecule has 0 spiro atoms. The predicted octanol–water partition coefficient (Wildman–Crippen LogP) is 2.58. The van der Waals surface area contributed by atoms with Gasteiger partial charge in [0.1, 0.15) is 0 Å². The van der Waals surface area contributed by atoms with Gasteiger partial charge in [0.2, 0.25) is 0 Å². The molecule has 0 aliphatic heterocycles. The summed E-state index contributed by atoms with van der Waals surface area (Å²) in [5.74, 6) is 3.47. The van der Waals surface area contributed by atoms with E-state index in [4.69, 9.17) is 5.26 Å². The molecule has 0 radical (unpaired) electrons. The van der Waals surface area contributed by atoms with E-state index in [0.29, 0.717) is 0 Å². The summed E-state index contributed by atoms with van der Waals surface area (Å²) in [6.07, 6.45) is 5.07. The Kier molecular flexibility index (Phi) is 1.64. The molecule has 0 N–H and O–H groups in total. The van der Waals surface area contributed by atoms with Crippen LogP contribution in [0.25, 0.3) is 0 Å². The quantitative estimate of drug-likeness (QED) is 0.562. The van der Waals surface area contributed by atoms with E-state index < -0.39 is 0 Å². The molecule has 2 rings (SSSR count). The molecule has 2 aliphatic rings. The lowest BCUT2D eigenvalue weighted by atomic mass is 9.79. The molecular formula is C10H15N. The van der Waals surface area contributed by atoms with Crippen LogP contribution in [0.2, 0.25) is 0 Å². The van der Waals surface area contributed by atoms with Crippen LogP contribution in [-0.4, -0.2) is 0 Å². The molecule has 11 heavy (non-hydrogen) atoms. The Morgan fingerprint density at radius 2 is 2.09 bits per heavy atom. The summed E-state index contributed by atoms with van der Waals surface area (Å²) in [6.45, 7) is 2.34. The Balaban J connectivity index is 2.07. The second-order valence-corrected chi connectivity index (χ2v) is 4.22. The van der Waals surface area contributed by atoms with E-state index in [9.17, 15) is 0 Å². The van der Waals surface area contributed by atoms with Gasteiger partial charge < -0.3 is 0 Å². The van der Waals surface area contributed by atoms with Crippen molar-refractivity contribution in [2.75, 3.05) is 0 Å². The van der Waals surface area contributed by atoms with E-state index in [1.807, 2.05) is 0 Å². The maximum absolute atomic E-state index is 8.62. The summed E-state index contributed by atoms with van der Waals surface area (Å²) < 4.78 is 0. The maximum atomic E-state index is 8.62. The van der Waals surface area contributed by atoms with Crippen LogP contribution < -0.4 is 0 Å². The van der Waals surface area contributed by atoms with Crippen molar-refractivity contribution in [2.24, 2.45) is 23.7 Å². The Morgan fingerprint density at radius 1 is 1.36 bits per heavy atom. The molecule has 2 saturated carbocycles. The van der Waals surface area contributed by atoms with Crippen molar-refractivity contribution in [1.29, 1.82) is 5.26 Å². The normalized spacial score (nSPS) is 47.6. The highest BCUT2D eigenvalue weighted by atomic mass is 14.5. The van der Waals surface area contributed by atoms with Gasteiger partial charge in [-0.25, -0.2) is 0 Å². The Labute approximate surface area is 68.4 Å². The van der Waals surface area contributed by atoms with Crippen molar-refractivity contribution in [2.45, 2.75) is 32.6 Å². The smallest absolute Gasteiger partial charge is 0.0624 e. The Morgan fingerprint density at radius 3 is 2.64 bits per heavy atom. The molecule has 1 heteroatoms. The van der Waals surface area contributed by atoms with Gasteiger partial charge in [0.25, 0.3) is 0 Å². The zero-order chi connectivity index (χ0) is 7.84. The highest BCUT2D eigenvalue weighted by Crippen LogP contribution is 2.52. The predicted molar refractivity (Wildman–Crippen MR) is 43.7 cm³/mol. The molecule has 4 atom stereocenters. The Bertz CT molecular complexity index is 190. The van der Waals surface area contributed by atoms with Gasteiger partial charge in [0.15, 0.2) is 0 Å². The monoisotopic (exact) mass is 149 g/mol. The lowest BCUT2D eigenvalue weighted by Gasteiger charge is -2.25. The topological polar surface area (TPSA) is 23.8 Å². The van der Waals surface area contributed by atoms with Crippen LogP contribution in [0.1, 0.15) is 32.6 Å². The number of hydrogen-bond acceptors (Lipinski definition) is 1. The lowest BCUT2D eigenvalue weighted by Crippen LogP contribution is -2.18. The molecular weight excluding hydrogens is 134 g/mol. The minimum Gasteiger partial charge on any atom is -0.198 e. The molecule has 0 saturated heterocycles. The van der Waals surface area contributed by atoms with E-state index in [-0.39, 0.29) is 0 Å². The van der Waals surface area contributed by atoms with Gasteiger partial charge in [-0.1, -0.05) is 6.92 Å². The van der Waals surface area contributed by atoms with Gasteiger partial charge in [-0.05, 0) is 42.9 Å². The number of fused-ring (bicyclic) bond motifs is 2. The fourth-order valence-electron chi connectivity index (χ4n) is 3.16. The highest BCUT2D eigenvalue weighted by Gasteiger charge is 2.44. The number of nitriles is 1. The van der Waals surface area contributed by atoms with E-state index in [0.717, 1.165) is 30.1 Å². The second-order valence-electron chi connectivity index (χ2n) is 4.22. The fraction of sp³-hybridized carbons (Fsp3) is 0.900. The molecule has 2 fully saturated rings. The number of nitrogens with zero attached hydrogens (tertiary/aromatic N) is 1. The summed E-state index contributed by atoms with van der Waals surface area (Å²) in [5.41, 5.74) is 0. The zero-order valence-electron chi connectivity index (χ0n) is 7.09. The average Bonchev–Trinajstić information content (AvgIpc) is 2.54. The van der Waals surface area contributed by atoms with Crippen LogP contribution in [0.3, 0.4) is 0 Å². The molecule has 1 nitrogen and oxygen atoms in total. The minimum atomic E-state index is 0.749. The summed E-state index contributed by atoms with van der Waals surface area (Å²) in [7, 11) is 0. The molecule has 0 aromatic rings. The SMILES string of the molecule is C[C@@H]1C2CCC(C2)[C@@H]1CC#N. The van der Waals surface area contributed by atoms with Crippen LogP contribution in [0.4, 0.5) is 0 Å². The first-order valence-corrected chi connectivity index (χ1v) is 4.70. The first-order chi connectivity index (χ1) is 5.33. The van der Waals surface area contributed by atoms with Crippen LogP contribution in [0.5, 0.6) is 0 Å². The van der Waals surface area contributed by atoms with Crippen LogP contribution >= 0.6 is 0 Å². The average molecular weight is 149 g/mol. The van der Waals surface area contributed by atoms with Crippen molar-refractivity contribution in [3.63, 3.8) is 0 Å². The van der Waals surface area contributed by atoms with Gasteiger partial charge in [-0.2, -0.15) is 5.26 Å². The second kappa shape index (κ2) is 2.52.